The van der Waals surface area contributed by atoms with Crippen LogP contribution in [0, 0.1) is 20.8 Å². The van der Waals surface area contributed by atoms with Crippen molar-refractivity contribution in [1.82, 2.24) is 19.7 Å². The van der Waals surface area contributed by atoms with Crippen LogP contribution in [0.5, 0.6) is 17.4 Å². The summed E-state index contributed by atoms with van der Waals surface area (Å²) in [5, 5.41) is 8.25. The summed E-state index contributed by atoms with van der Waals surface area (Å²) < 4.78 is 13.0. The maximum atomic E-state index is 12.7. The molecule has 4 rings (SSSR count). The molecule has 0 saturated carbocycles. The van der Waals surface area contributed by atoms with E-state index in [-0.39, 0.29) is 5.91 Å². The van der Waals surface area contributed by atoms with E-state index < -0.39 is 0 Å². The van der Waals surface area contributed by atoms with Crippen molar-refractivity contribution in [2.45, 2.75) is 33.6 Å². The summed E-state index contributed by atoms with van der Waals surface area (Å²) in [4.78, 5) is 21.4. The van der Waals surface area contributed by atoms with Crippen molar-refractivity contribution in [1.29, 1.82) is 0 Å². The van der Waals surface area contributed by atoms with Gasteiger partial charge in [-0.05, 0) is 74.2 Å². The summed E-state index contributed by atoms with van der Waals surface area (Å²) in [7, 11) is 3.45. The number of aromatic nitrogens is 4. The standard InChI is InChI=1S/C25H27N5O3/c1-15-13-18(8-10-21(15)33-19-7-6-12-26-14-19)28-22(31)11-9-20-16(2)23-24(27-17(20)3)30(4)29-25(23)32-5/h6-8,10,12-14H,9,11H2,1-5H3,(H,28,31). The predicted molar refractivity (Wildman–Crippen MR) is 127 cm³/mol. The molecule has 0 unspecified atom stereocenters. The van der Waals surface area contributed by atoms with Gasteiger partial charge in [-0.2, -0.15) is 0 Å². The number of aryl methyl sites for hydroxylation is 4. The molecule has 3 heterocycles. The second kappa shape index (κ2) is 9.28. The van der Waals surface area contributed by atoms with E-state index in [1.165, 1.54) is 0 Å². The molecule has 8 nitrogen and oxygen atoms in total. The van der Waals surface area contributed by atoms with Gasteiger partial charge in [0.2, 0.25) is 11.8 Å². The molecule has 0 aliphatic rings. The predicted octanol–water partition coefficient (Wildman–Crippen LogP) is 4.66. The highest BCUT2D eigenvalue weighted by atomic mass is 16.5. The molecular formula is C25H27N5O3. The topological polar surface area (TPSA) is 91.2 Å². The highest BCUT2D eigenvalue weighted by Gasteiger charge is 2.18. The molecule has 170 valence electrons. The second-order valence-corrected chi connectivity index (χ2v) is 7.95. The summed E-state index contributed by atoms with van der Waals surface area (Å²) in [6.07, 6.45) is 4.27. The smallest absolute Gasteiger partial charge is 0.242 e. The molecule has 1 N–H and O–H groups in total. The first-order valence-electron chi connectivity index (χ1n) is 10.7. The van der Waals surface area contributed by atoms with Crippen LogP contribution in [-0.4, -0.2) is 32.8 Å². The zero-order valence-electron chi connectivity index (χ0n) is 19.5. The lowest BCUT2D eigenvalue weighted by Crippen LogP contribution is -2.13. The molecule has 0 fully saturated rings. The molecule has 3 aromatic heterocycles. The largest absolute Gasteiger partial charge is 0.479 e. The fourth-order valence-electron chi connectivity index (χ4n) is 3.95. The van der Waals surface area contributed by atoms with E-state index in [2.05, 4.69) is 15.4 Å². The number of anilines is 1. The highest BCUT2D eigenvalue weighted by Crippen LogP contribution is 2.31. The Morgan fingerprint density at radius 3 is 2.70 bits per heavy atom. The van der Waals surface area contributed by atoms with E-state index >= 15 is 0 Å². The van der Waals surface area contributed by atoms with Gasteiger partial charge in [-0.3, -0.25) is 9.78 Å². The van der Waals surface area contributed by atoms with E-state index in [4.69, 9.17) is 14.5 Å². The number of fused-ring (bicyclic) bond motifs is 1. The van der Waals surface area contributed by atoms with Gasteiger partial charge in [0.15, 0.2) is 5.65 Å². The van der Waals surface area contributed by atoms with E-state index in [9.17, 15) is 4.79 Å². The van der Waals surface area contributed by atoms with Gasteiger partial charge in [0.05, 0.1) is 18.7 Å². The number of hydrogen-bond acceptors (Lipinski definition) is 6. The number of nitrogens with zero attached hydrogens (tertiary/aromatic N) is 4. The summed E-state index contributed by atoms with van der Waals surface area (Å²) in [6, 6.07) is 9.24. The lowest BCUT2D eigenvalue weighted by atomic mass is 10.00. The molecule has 0 aliphatic heterocycles. The average Bonchev–Trinajstić information content (AvgIpc) is 3.11. The van der Waals surface area contributed by atoms with E-state index in [0.29, 0.717) is 24.5 Å². The molecule has 1 amide bonds. The van der Waals surface area contributed by atoms with Crippen LogP contribution in [0.15, 0.2) is 42.7 Å². The van der Waals surface area contributed by atoms with Crippen molar-refractivity contribution in [2.75, 3.05) is 12.4 Å². The Hall–Kier alpha value is -3.94. The van der Waals surface area contributed by atoms with Crippen LogP contribution in [0.3, 0.4) is 0 Å². The van der Waals surface area contributed by atoms with Crippen molar-refractivity contribution in [2.24, 2.45) is 7.05 Å². The van der Waals surface area contributed by atoms with E-state index in [0.717, 1.165) is 44.9 Å². The van der Waals surface area contributed by atoms with Gasteiger partial charge in [0.1, 0.15) is 11.5 Å². The van der Waals surface area contributed by atoms with Crippen LogP contribution in [0.2, 0.25) is 0 Å². The Kier molecular flexibility index (Phi) is 6.26. The first-order valence-corrected chi connectivity index (χ1v) is 10.7. The van der Waals surface area contributed by atoms with Gasteiger partial charge in [0, 0.05) is 31.0 Å². The van der Waals surface area contributed by atoms with Crippen LogP contribution in [0.1, 0.15) is 28.8 Å². The zero-order chi connectivity index (χ0) is 23.5. The number of hydrogen-bond donors (Lipinski definition) is 1. The molecule has 0 saturated heterocycles. The van der Waals surface area contributed by atoms with Crippen LogP contribution in [0.4, 0.5) is 5.69 Å². The molecule has 4 aromatic rings. The summed E-state index contributed by atoms with van der Waals surface area (Å²) in [5.41, 5.74) is 5.40. The first-order chi connectivity index (χ1) is 15.9. The van der Waals surface area contributed by atoms with Gasteiger partial charge >= 0.3 is 0 Å². The third kappa shape index (κ3) is 4.64. The Labute approximate surface area is 192 Å². The number of rotatable bonds is 7. The Balaban J connectivity index is 1.44. The minimum Gasteiger partial charge on any atom is -0.479 e. The Morgan fingerprint density at radius 1 is 1.18 bits per heavy atom. The van der Waals surface area contributed by atoms with Gasteiger partial charge in [0.25, 0.3) is 0 Å². The highest BCUT2D eigenvalue weighted by molar-refractivity contribution is 5.91. The number of methoxy groups -OCH3 is 1. The molecule has 0 radical (unpaired) electrons. The third-order valence-corrected chi connectivity index (χ3v) is 5.64. The number of ether oxygens (including phenoxy) is 2. The van der Waals surface area contributed by atoms with Crippen LogP contribution in [0.25, 0.3) is 11.0 Å². The fraction of sp³-hybridized carbons (Fsp3) is 0.280. The lowest BCUT2D eigenvalue weighted by Gasteiger charge is -2.13. The quantitative estimate of drug-likeness (QED) is 0.445. The minimum absolute atomic E-state index is 0.0626. The molecule has 8 heteroatoms. The molecule has 0 atom stereocenters. The van der Waals surface area contributed by atoms with E-state index in [1.807, 2.05) is 58.2 Å². The van der Waals surface area contributed by atoms with Crippen LogP contribution < -0.4 is 14.8 Å². The summed E-state index contributed by atoms with van der Waals surface area (Å²) in [5.74, 6) is 1.87. The third-order valence-electron chi connectivity index (χ3n) is 5.64. The van der Waals surface area contributed by atoms with E-state index in [1.54, 1.807) is 24.2 Å². The number of benzene rings is 1. The van der Waals surface area contributed by atoms with Gasteiger partial charge in [-0.15, -0.1) is 5.10 Å². The normalized spacial score (nSPS) is 10.9. The number of pyridine rings is 2. The van der Waals surface area contributed by atoms with Crippen molar-refractivity contribution in [3.8, 4) is 17.4 Å². The minimum atomic E-state index is -0.0626. The summed E-state index contributed by atoms with van der Waals surface area (Å²) in [6.45, 7) is 5.93. The van der Waals surface area contributed by atoms with Crippen molar-refractivity contribution >= 4 is 22.6 Å². The Bertz CT molecular complexity index is 1320. The maximum Gasteiger partial charge on any atom is 0.242 e. The molecule has 0 bridgehead atoms. The number of amides is 1. The molecule has 0 spiro atoms. The molecular weight excluding hydrogens is 418 g/mol. The maximum absolute atomic E-state index is 12.7. The molecule has 33 heavy (non-hydrogen) atoms. The average molecular weight is 446 g/mol. The van der Waals surface area contributed by atoms with Crippen LogP contribution >= 0.6 is 0 Å². The first kappa shape index (κ1) is 22.3. The summed E-state index contributed by atoms with van der Waals surface area (Å²) >= 11 is 0. The van der Waals surface area contributed by atoms with Gasteiger partial charge in [-0.1, -0.05) is 0 Å². The van der Waals surface area contributed by atoms with Crippen molar-refractivity contribution < 1.29 is 14.3 Å². The van der Waals surface area contributed by atoms with Crippen LogP contribution in [-0.2, 0) is 18.3 Å². The van der Waals surface area contributed by atoms with Gasteiger partial charge in [-0.25, -0.2) is 9.67 Å². The molecule has 0 aliphatic carbocycles. The van der Waals surface area contributed by atoms with Gasteiger partial charge < -0.3 is 14.8 Å². The number of nitrogens with one attached hydrogen (secondary N) is 1. The zero-order valence-corrected chi connectivity index (χ0v) is 19.5. The second-order valence-electron chi connectivity index (χ2n) is 7.95. The Morgan fingerprint density at radius 2 is 2.00 bits per heavy atom. The van der Waals surface area contributed by atoms with Crippen molar-refractivity contribution in [3.63, 3.8) is 0 Å². The number of carbonyl (C=O) groups excluding carboxylic acids is 1. The molecule has 1 aromatic carbocycles. The van der Waals surface area contributed by atoms with Crippen molar-refractivity contribution in [3.05, 3.63) is 65.1 Å². The monoisotopic (exact) mass is 445 g/mol. The fourth-order valence-corrected chi connectivity index (χ4v) is 3.95. The lowest BCUT2D eigenvalue weighted by molar-refractivity contribution is -0.116. The number of carbonyl (C=O) groups is 1. The SMILES string of the molecule is COc1nn(C)c2nc(C)c(CCC(=O)Nc3ccc(Oc4cccnc4)c(C)c3)c(C)c12.